The third kappa shape index (κ3) is 3.94. The first-order valence-corrected chi connectivity index (χ1v) is 7.24. The fourth-order valence-corrected chi connectivity index (χ4v) is 3.31. The van der Waals surface area contributed by atoms with Crippen molar-refractivity contribution in [3.05, 3.63) is 0 Å². The second-order valence-corrected chi connectivity index (χ2v) is 6.17. The van der Waals surface area contributed by atoms with Crippen molar-refractivity contribution in [1.29, 1.82) is 0 Å². The van der Waals surface area contributed by atoms with Gasteiger partial charge < -0.3 is 10.5 Å². The zero-order valence-corrected chi connectivity index (χ0v) is 11.4. The Balaban J connectivity index is 1.78. The molecular formula is C14H28N2O. The van der Waals surface area contributed by atoms with Crippen molar-refractivity contribution < 1.29 is 4.74 Å². The van der Waals surface area contributed by atoms with Gasteiger partial charge in [0, 0.05) is 25.7 Å². The molecule has 17 heavy (non-hydrogen) atoms. The lowest BCUT2D eigenvalue weighted by Crippen LogP contribution is -2.50. The second-order valence-electron chi connectivity index (χ2n) is 6.17. The lowest BCUT2D eigenvalue weighted by atomic mass is 9.82. The summed E-state index contributed by atoms with van der Waals surface area (Å²) in [4.78, 5) is 2.57. The number of ether oxygens (including phenoxy) is 1. The Hall–Kier alpha value is -0.120. The zero-order chi connectivity index (χ0) is 12.3. The highest BCUT2D eigenvalue weighted by Crippen LogP contribution is 2.29. The Kier molecular flexibility index (Phi) is 4.83. The van der Waals surface area contributed by atoms with Gasteiger partial charge in [-0.1, -0.05) is 19.8 Å². The Morgan fingerprint density at radius 3 is 2.94 bits per heavy atom. The van der Waals surface area contributed by atoms with E-state index in [1.807, 2.05) is 0 Å². The van der Waals surface area contributed by atoms with E-state index in [0.717, 1.165) is 31.5 Å². The normalized spacial score (nSPS) is 37.9. The molecule has 0 spiro atoms. The van der Waals surface area contributed by atoms with Crippen LogP contribution < -0.4 is 5.73 Å². The van der Waals surface area contributed by atoms with Crippen molar-refractivity contribution in [2.24, 2.45) is 17.6 Å². The van der Waals surface area contributed by atoms with Gasteiger partial charge in [0.2, 0.25) is 0 Å². The molecule has 1 aliphatic carbocycles. The largest absolute Gasteiger partial charge is 0.374 e. The van der Waals surface area contributed by atoms with Gasteiger partial charge in [-0.05, 0) is 31.6 Å². The fraction of sp³-hybridized carbons (Fsp3) is 1.00. The maximum atomic E-state index is 5.93. The molecule has 4 unspecified atom stereocenters. The van der Waals surface area contributed by atoms with E-state index < -0.39 is 0 Å². The summed E-state index contributed by atoms with van der Waals surface area (Å²) in [6.45, 7) is 8.69. The van der Waals surface area contributed by atoms with E-state index in [4.69, 9.17) is 10.5 Å². The van der Waals surface area contributed by atoms with Crippen LogP contribution in [0.4, 0.5) is 0 Å². The van der Waals surface area contributed by atoms with Gasteiger partial charge in [0.05, 0.1) is 12.7 Å². The molecule has 0 aromatic rings. The standard InChI is InChI=1S/C14H28N2O/c1-11-4-3-5-13(8-11)9-16-6-7-17-14(10-16)12(2)15/h11-14H,3-10,15H2,1-2H3. The SMILES string of the molecule is CC1CCCC(CN2CCOC(C(C)N)C2)C1. The summed E-state index contributed by atoms with van der Waals surface area (Å²) in [5.74, 6) is 1.84. The van der Waals surface area contributed by atoms with Crippen LogP contribution >= 0.6 is 0 Å². The molecule has 2 N–H and O–H groups in total. The van der Waals surface area contributed by atoms with Gasteiger partial charge in [-0.15, -0.1) is 0 Å². The van der Waals surface area contributed by atoms with E-state index >= 15 is 0 Å². The van der Waals surface area contributed by atoms with Gasteiger partial charge in [-0.3, -0.25) is 4.90 Å². The summed E-state index contributed by atoms with van der Waals surface area (Å²) >= 11 is 0. The molecule has 0 aromatic heterocycles. The zero-order valence-electron chi connectivity index (χ0n) is 11.4. The van der Waals surface area contributed by atoms with Crippen LogP contribution in [0.25, 0.3) is 0 Å². The molecule has 0 bridgehead atoms. The van der Waals surface area contributed by atoms with Gasteiger partial charge in [0.15, 0.2) is 0 Å². The molecule has 4 atom stereocenters. The summed E-state index contributed by atoms with van der Waals surface area (Å²) in [5, 5.41) is 0. The van der Waals surface area contributed by atoms with Crippen molar-refractivity contribution >= 4 is 0 Å². The average Bonchev–Trinajstić information content (AvgIpc) is 2.29. The van der Waals surface area contributed by atoms with E-state index in [2.05, 4.69) is 18.7 Å². The Labute approximate surface area is 106 Å². The number of nitrogens with two attached hydrogens (primary N) is 1. The molecule has 2 fully saturated rings. The summed E-state index contributed by atoms with van der Waals surface area (Å²) in [6.07, 6.45) is 5.93. The molecule has 1 aliphatic heterocycles. The molecule has 0 amide bonds. The molecule has 3 heteroatoms. The Bertz CT molecular complexity index is 232. The van der Waals surface area contributed by atoms with Crippen molar-refractivity contribution in [3.8, 4) is 0 Å². The van der Waals surface area contributed by atoms with Crippen LogP contribution in [0.5, 0.6) is 0 Å². The lowest BCUT2D eigenvalue weighted by Gasteiger charge is -2.38. The smallest absolute Gasteiger partial charge is 0.0850 e. The predicted octanol–water partition coefficient (Wildman–Crippen LogP) is 1.86. The highest BCUT2D eigenvalue weighted by Gasteiger charge is 2.26. The summed E-state index contributed by atoms with van der Waals surface area (Å²) in [7, 11) is 0. The number of nitrogens with zero attached hydrogens (tertiary/aromatic N) is 1. The average molecular weight is 240 g/mol. The van der Waals surface area contributed by atoms with E-state index in [1.165, 1.54) is 32.2 Å². The highest BCUT2D eigenvalue weighted by atomic mass is 16.5. The minimum absolute atomic E-state index is 0.156. The lowest BCUT2D eigenvalue weighted by molar-refractivity contribution is -0.0437. The van der Waals surface area contributed by atoms with E-state index in [0.29, 0.717) is 0 Å². The third-order valence-electron chi connectivity index (χ3n) is 4.33. The van der Waals surface area contributed by atoms with Crippen LogP contribution in [0.15, 0.2) is 0 Å². The first-order chi connectivity index (χ1) is 8.15. The number of hydrogen-bond acceptors (Lipinski definition) is 3. The van der Waals surface area contributed by atoms with E-state index in [9.17, 15) is 0 Å². The molecule has 3 nitrogen and oxygen atoms in total. The van der Waals surface area contributed by atoms with E-state index in [1.54, 1.807) is 0 Å². The Morgan fingerprint density at radius 1 is 1.41 bits per heavy atom. The molecule has 2 rings (SSSR count). The van der Waals surface area contributed by atoms with Crippen molar-refractivity contribution in [3.63, 3.8) is 0 Å². The third-order valence-corrected chi connectivity index (χ3v) is 4.33. The minimum Gasteiger partial charge on any atom is -0.374 e. The number of morpholine rings is 1. The molecule has 1 saturated heterocycles. The van der Waals surface area contributed by atoms with Crippen LogP contribution in [0.2, 0.25) is 0 Å². The minimum atomic E-state index is 0.156. The predicted molar refractivity (Wildman–Crippen MR) is 71.0 cm³/mol. The van der Waals surface area contributed by atoms with Crippen LogP contribution in [-0.2, 0) is 4.74 Å². The van der Waals surface area contributed by atoms with Gasteiger partial charge in [0.1, 0.15) is 0 Å². The van der Waals surface area contributed by atoms with Gasteiger partial charge in [0.25, 0.3) is 0 Å². The van der Waals surface area contributed by atoms with E-state index in [-0.39, 0.29) is 12.1 Å². The molecule has 0 radical (unpaired) electrons. The van der Waals surface area contributed by atoms with Crippen LogP contribution in [-0.4, -0.2) is 43.3 Å². The van der Waals surface area contributed by atoms with Crippen LogP contribution in [0.1, 0.15) is 39.5 Å². The van der Waals surface area contributed by atoms with Crippen molar-refractivity contribution in [1.82, 2.24) is 4.90 Å². The number of rotatable bonds is 3. The first kappa shape index (κ1) is 13.3. The summed E-state index contributed by atoms with van der Waals surface area (Å²) in [5.41, 5.74) is 5.93. The van der Waals surface area contributed by atoms with Gasteiger partial charge in [-0.25, -0.2) is 0 Å². The summed E-state index contributed by atoms with van der Waals surface area (Å²) in [6, 6.07) is 0.156. The van der Waals surface area contributed by atoms with Crippen molar-refractivity contribution in [2.45, 2.75) is 51.7 Å². The molecule has 100 valence electrons. The second kappa shape index (κ2) is 6.17. The summed E-state index contributed by atoms with van der Waals surface area (Å²) < 4.78 is 5.71. The van der Waals surface area contributed by atoms with Gasteiger partial charge in [-0.2, -0.15) is 0 Å². The van der Waals surface area contributed by atoms with Gasteiger partial charge >= 0.3 is 0 Å². The van der Waals surface area contributed by atoms with Crippen LogP contribution in [0, 0.1) is 11.8 Å². The van der Waals surface area contributed by atoms with Crippen LogP contribution in [0.3, 0.4) is 0 Å². The Morgan fingerprint density at radius 2 is 2.24 bits per heavy atom. The monoisotopic (exact) mass is 240 g/mol. The molecule has 1 saturated carbocycles. The maximum absolute atomic E-state index is 5.93. The topological polar surface area (TPSA) is 38.5 Å². The first-order valence-electron chi connectivity index (χ1n) is 7.24. The van der Waals surface area contributed by atoms with Crippen molar-refractivity contribution in [2.75, 3.05) is 26.2 Å². The highest BCUT2D eigenvalue weighted by molar-refractivity contribution is 4.80. The molecule has 1 heterocycles. The fourth-order valence-electron chi connectivity index (χ4n) is 3.31. The molecular weight excluding hydrogens is 212 g/mol. The maximum Gasteiger partial charge on any atom is 0.0850 e. The quantitative estimate of drug-likeness (QED) is 0.818. The number of hydrogen-bond donors (Lipinski definition) is 1. The molecule has 0 aromatic carbocycles. The molecule has 2 aliphatic rings.